The van der Waals surface area contributed by atoms with Gasteiger partial charge < -0.3 is 19.8 Å². The van der Waals surface area contributed by atoms with Gasteiger partial charge in [0.2, 0.25) is 0 Å². The van der Waals surface area contributed by atoms with E-state index in [1.165, 1.54) is 16.9 Å². The van der Waals surface area contributed by atoms with E-state index in [-0.39, 0.29) is 17.1 Å². The fourth-order valence-corrected chi connectivity index (χ4v) is 5.60. The van der Waals surface area contributed by atoms with Crippen LogP contribution >= 0.6 is 11.3 Å². The predicted octanol–water partition coefficient (Wildman–Crippen LogP) is 6.28. The first-order chi connectivity index (χ1) is 16.6. The maximum atomic E-state index is 12.6. The Kier molecular flexibility index (Phi) is 5.63. The van der Waals surface area contributed by atoms with E-state index in [2.05, 4.69) is 34.6 Å². The zero-order valence-electron chi connectivity index (χ0n) is 20.7. The van der Waals surface area contributed by atoms with Crippen molar-refractivity contribution >= 4 is 39.1 Å². The molecule has 1 aliphatic rings. The summed E-state index contributed by atoms with van der Waals surface area (Å²) < 4.78 is 11.2. The molecule has 0 aliphatic heterocycles. The lowest BCUT2D eigenvalue weighted by molar-refractivity contribution is 0.0522. The number of hydrogen-bond acceptors (Lipinski definition) is 5. The second-order valence-electron chi connectivity index (χ2n) is 10.4. The molecule has 2 aromatic heterocycles. The molecule has 182 valence electrons. The minimum Gasteiger partial charge on any atom is -0.496 e. The highest BCUT2D eigenvalue weighted by Gasteiger charge is 2.44. The van der Waals surface area contributed by atoms with Crippen LogP contribution in [0, 0.1) is 6.92 Å². The number of fused-ring (bicyclic) bond motifs is 3. The maximum absolute atomic E-state index is 12.6. The molecule has 6 nitrogen and oxygen atoms in total. The van der Waals surface area contributed by atoms with Gasteiger partial charge in [-0.15, -0.1) is 0 Å². The number of hydrogen-bond donors (Lipinski definition) is 2. The van der Waals surface area contributed by atoms with Gasteiger partial charge in [-0.25, -0.2) is 4.79 Å². The van der Waals surface area contributed by atoms with Crippen molar-refractivity contribution in [2.24, 2.45) is 0 Å². The molecule has 2 N–H and O–H groups in total. The lowest BCUT2D eigenvalue weighted by Gasteiger charge is -2.22. The first-order valence-electron chi connectivity index (χ1n) is 11.8. The summed E-state index contributed by atoms with van der Waals surface area (Å²) in [6.07, 6.45) is 1.66. The third-order valence-electron chi connectivity index (χ3n) is 6.73. The van der Waals surface area contributed by atoms with Gasteiger partial charge in [0.15, 0.2) is 0 Å². The van der Waals surface area contributed by atoms with Gasteiger partial charge in [-0.05, 0) is 68.7 Å². The summed E-state index contributed by atoms with van der Waals surface area (Å²) in [5.74, 6) is 0.773. The van der Waals surface area contributed by atoms with Gasteiger partial charge in [-0.2, -0.15) is 11.3 Å². The smallest absolute Gasteiger partial charge is 0.407 e. The molecule has 2 aromatic carbocycles. The van der Waals surface area contributed by atoms with Crippen molar-refractivity contribution in [1.82, 2.24) is 10.3 Å². The van der Waals surface area contributed by atoms with Crippen LogP contribution < -0.4 is 15.6 Å². The fourth-order valence-electron chi connectivity index (χ4n) is 4.78. The van der Waals surface area contributed by atoms with E-state index in [1.54, 1.807) is 7.11 Å². The molecule has 1 saturated carbocycles. The number of nitrogens with one attached hydrogen (secondary N) is 2. The van der Waals surface area contributed by atoms with Gasteiger partial charge >= 0.3 is 6.09 Å². The maximum Gasteiger partial charge on any atom is 0.407 e. The van der Waals surface area contributed by atoms with Gasteiger partial charge in [0.05, 0.1) is 18.0 Å². The SMILES string of the molecule is COc1cc(C)c2[nH]c(=O)c3cscc3c2c1-c1ccc(C2(CNC(=O)OC(C)(C)C)CC2)cc1. The third kappa shape index (κ3) is 4.29. The Morgan fingerprint density at radius 2 is 1.83 bits per heavy atom. The van der Waals surface area contributed by atoms with E-state index in [0.717, 1.165) is 51.6 Å². The molecule has 0 bridgehead atoms. The Labute approximate surface area is 208 Å². The van der Waals surface area contributed by atoms with Crippen LogP contribution in [0.15, 0.2) is 45.9 Å². The number of methoxy groups -OCH3 is 1. The number of thiophene rings is 1. The molecule has 4 aromatic rings. The number of aryl methyl sites for hydroxylation is 1. The van der Waals surface area contributed by atoms with Crippen LogP contribution in [0.5, 0.6) is 5.75 Å². The van der Waals surface area contributed by atoms with Gasteiger partial charge in [0.25, 0.3) is 5.56 Å². The van der Waals surface area contributed by atoms with Gasteiger partial charge in [-0.3, -0.25) is 4.79 Å². The average Bonchev–Trinajstić information content (AvgIpc) is 3.43. The van der Waals surface area contributed by atoms with E-state index in [0.29, 0.717) is 11.9 Å². The van der Waals surface area contributed by atoms with Crippen LogP contribution in [0.25, 0.3) is 32.8 Å². The summed E-state index contributed by atoms with van der Waals surface area (Å²) in [6, 6.07) is 10.5. The van der Waals surface area contributed by atoms with Crippen LogP contribution in [-0.4, -0.2) is 30.3 Å². The van der Waals surface area contributed by atoms with Crippen LogP contribution in [0.3, 0.4) is 0 Å². The number of rotatable bonds is 5. The van der Waals surface area contributed by atoms with Crippen molar-refractivity contribution in [2.75, 3.05) is 13.7 Å². The highest BCUT2D eigenvalue weighted by molar-refractivity contribution is 7.09. The number of alkyl carbamates (subject to hydrolysis) is 1. The van der Waals surface area contributed by atoms with Gasteiger partial charge in [-0.1, -0.05) is 24.3 Å². The zero-order chi connectivity index (χ0) is 25.0. The molecule has 0 unspecified atom stereocenters. The number of carbonyl (C=O) groups is 1. The highest BCUT2D eigenvalue weighted by atomic mass is 32.1. The van der Waals surface area contributed by atoms with Gasteiger partial charge in [0.1, 0.15) is 11.4 Å². The Morgan fingerprint density at radius 1 is 1.14 bits per heavy atom. The Morgan fingerprint density at radius 3 is 2.46 bits per heavy atom. The second kappa shape index (κ2) is 8.41. The molecule has 2 heterocycles. The number of carbonyl (C=O) groups excluding carboxylic acids is 1. The number of amides is 1. The first kappa shape index (κ1) is 23.4. The molecule has 5 rings (SSSR count). The number of aromatic amines is 1. The highest BCUT2D eigenvalue weighted by Crippen LogP contribution is 2.49. The third-order valence-corrected chi connectivity index (χ3v) is 7.48. The van der Waals surface area contributed by atoms with Crippen molar-refractivity contribution < 1.29 is 14.3 Å². The van der Waals surface area contributed by atoms with E-state index in [4.69, 9.17) is 9.47 Å². The molecule has 0 saturated heterocycles. The fraction of sp³-hybridized carbons (Fsp3) is 0.357. The molecule has 35 heavy (non-hydrogen) atoms. The van der Waals surface area contributed by atoms with E-state index < -0.39 is 5.60 Å². The second-order valence-corrected chi connectivity index (χ2v) is 11.1. The summed E-state index contributed by atoms with van der Waals surface area (Å²) >= 11 is 1.52. The Hall–Kier alpha value is -3.32. The summed E-state index contributed by atoms with van der Waals surface area (Å²) in [6.45, 7) is 8.12. The first-order valence-corrected chi connectivity index (χ1v) is 12.7. The monoisotopic (exact) mass is 490 g/mol. The molecule has 7 heteroatoms. The topological polar surface area (TPSA) is 80.4 Å². The van der Waals surface area contributed by atoms with Crippen LogP contribution in [0.4, 0.5) is 4.79 Å². The zero-order valence-corrected chi connectivity index (χ0v) is 21.5. The molecule has 0 atom stereocenters. The van der Waals surface area contributed by atoms with E-state index in [1.807, 2.05) is 44.5 Å². The van der Waals surface area contributed by atoms with Crippen molar-refractivity contribution in [2.45, 2.75) is 51.6 Å². The lowest BCUT2D eigenvalue weighted by atomic mass is 9.91. The van der Waals surface area contributed by atoms with Crippen molar-refractivity contribution in [1.29, 1.82) is 0 Å². The molecular formula is C28H30N2O4S. The number of pyridine rings is 1. The molecule has 1 fully saturated rings. The van der Waals surface area contributed by atoms with Crippen molar-refractivity contribution in [3.63, 3.8) is 0 Å². The van der Waals surface area contributed by atoms with Crippen molar-refractivity contribution in [3.05, 3.63) is 62.6 Å². The van der Waals surface area contributed by atoms with Gasteiger partial charge in [0, 0.05) is 33.7 Å². The molecule has 0 radical (unpaired) electrons. The Balaban J connectivity index is 1.52. The van der Waals surface area contributed by atoms with Crippen LogP contribution in [0.2, 0.25) is 0 Å². The number of ether oxygens (including phenoxy) is 2. The number of aromatic nitrogens is 1. The summed E-state index contributed by atoms with van der Waals surface area (Å²) in [5, 5.41) is 9.50. The number of benzene rings is 2. The van der Waals surface area contributed by atoms with E-state index >= 15 is 0 Å². The molecule has 0 spiro atoms. The summed E-state index contributed by atoms with van der Waals surface area (Å²) in [7, 11) is 1.68. The quantitative estimate of drug-likeness (QED) is 0.345. The minimum atomic E-state index is -0.517. The van der Waals surface area contributed by atoms with E-state index in [9.17, 15) is 9.59 Å². The summed E-state index contributed by atoms with van der Waals surface area (Å²) in [4.78, 5) is 27.9. The van der Waals surface area contributed by atoms with Crippen LogP contribution in [-0.2, 0) is 10.2 Å². The van der Waals surface area contributed by atoms with Crippen LogP contribution in [0.1, 0.15) is 44.7 Å². The molecule has 1 aliphatic carbocycles. The minimum absolute atomic E-state index is 0.0548. The molecular weight excluding hydrogens is 460 g/mol. The average molecular weight is 491 g/mol. The Bertz CT molecular complexity index is 1490. The number of H-pyrrole nitrogens is 1. The standard InChI is InChI=1S/C28H30N2O4S/c1-16-12-21(33-5)22(23-19-13-35-14-20(19)25(31)30-24(16)23)17-6-8-18(9-7-17)28(10-11-28)15-29-26(32)34-27(2,3)4/h6-9,12-14H,10-11,15H2,1-5H3,(H,29,32)(H,30,31). The largest absolute Gasteiger partial charge is 0.496 e. The normalized spacial score (nSPS) is 14.8. The lowest BCUT2D eigenvalue weighted by Crippen LogP contribution is -2.37. The van der Waals surface area contributed by atoms with Crippen molar-refractivity contribution in [3.8, 4) is 16.9 Å². The molecule has 1 amide bonds. The summed E-state index contributed by atoms with van der Waals surface area (Å²) in [5.41, 5.74) is 4.34. The predicted molar refractivity (Wildman–Crippen MR) is 142 cm³/mol.